The standard InChI is InChI=1S/C19H34N4O3/c1-2-20-19(21-9-4-11-23-12-7-17(24)8-13-23)22-10-5-14-25-16-18-6-3-15-26-18/h3,6,15,17,24H,2,4-5,7-14,16H2,1H3,(H2,20,21,22). The molecule has 1 aliphatic rings. The number of hydrogen-bond acceptors (Lipinski definition) is 5. The Morgan fingerprint density at radius 3 is 2.92 bits per heavy atom. The molecular formula is C19H34N4O3. The summed E-state index contributed by atoms with van der Waals surface area (Å²) in [4.78, 5) is 7.01. The minimum Gasteiger partial charge on any atom is -0.467 e. The highest BCUT2D eigenvalue weighted by Gasteiger charge is 2.15. The molecule has 0 bridgehead atoms. The Kier molecular flexibility index (Phi) is 10.2. The highest BCUT2D eigenvalue weighted by atomic mass is 16.5. The van der Waals surface area contributed by atoms with Crippen molar-refractivity contribution in [2.45, 2.75) is 45.3 Å². The van der Waals surface area contributed by atoms with Crippen LogP contribution >= 0.6 is 0 Å². The smallest absolute Gasteiger partial charge is 0.191 e. The third kappa shape index (κ3) is 8.69. The van der Waals surface area contributed by atoms with Gasteiger partial charge in [0.25, 0.3) is 0 Å². The molecule has 148 valence electrons. The first kappa shape index (κ1) is 20.7. The number of nitrogens with zero attached hydrogens (tertiary/aromatic N) is 2. The fourth-order valence-electron chi connectivity index (χ4n) is 2.92. The van der Waals surface area contributed by atoms with Crippen LogP contribution in [0.15, 0.2) is 27.8 Å². The maximum absolute atomic E-state index is 9.54. The van der Waals surface area contributed by atoms with Gasteiger partial charge in [-0.15, -0.1) is 0 Å². The summed E-state index contributed by atoms with van der Waals surface area (Å²) < 4.78 is 10.8. The molecule has 1 fully saturated rings. The lowest BCUT2D eigenvalue weighted by Crippen LogP contribution is -2.40. The van der Waals surface area contributed by atoms with Crippen LogP contribution in [0.5, 0.6) is 0 Å². The lowest BCUT2D eigenvalue weighted by molar-refractivity contribution is 0.0823. The largest absolute Gasteiger partial charge is 0.467 e. The number of guanidine groups is 1. The molecule has 1 aromatic heterocycles. The van der Waals surface area contributed by atoms with Gasteiger partial charge in [-0.25, -0.2) is 0 Å². The summed E-state index contributed by atoms with van der Waals surface area (Å²) in [5.74, 6) is 1.72. The molecule has 0 radical (unpaired) electrons. The number of aliphatic hydroxyl groups excluding tert-OH is 1. The summed E-state index contributed by atoms with van der Waals surface area (Å²) in [5, 5.41) is 16.2. The second kappa shape index (κ2) is 12.7. The zero-order valence-electron chi connectivity index (χ0n) is 16.0. The number of aliphatic hydroxyl groups is 1. The van der Waals surface area contributed by atoms with Gasteiger partial charge in [0.2, 0.25) is 0 Å². The first-order valence-electron chi connectivity index (χ1n) is 9.80. The number of nitrogens with one attached hydrogen (secondary N) is 2. The molecule has 1 saturated heterocycles. The molecule has 7 nitrogen and oxygen atoms in total. The van der Waals surface area contributed by atoms with Gasteiger partial charge in [-0.2, -0.15) is 0 Å². The molecule has 2 heterocycles. The van der Waals surface area contributed by atoms with E-state index in [9.17, 15) is 5.11 Å². The van der Waals surface area contributed by atoms with Crippen LogP contribution in [-0.4, -0.2) is 67.9 Å². The van der Waals surface area contributed by atoms with Crippen molar-refractivity contribution in [2.75, 3.05) is 45.9 Å². The van der Waals surface area contributed by atoms with E-state index in [0.29, 0.717) is 13.2 Å². The molecule has 0 amide bonds. The Morgan fingerprint density at radius 2 is 2.19 bits per heavy atom. The van der Waals surface area contributed by atoms with Gasteiger partial charge in [-0.05, 0) is 51.3 Å². The Morgan fingerprint density at radius 1 is 1.35 bits per heavy atom. The van der Waals surface area contributed by atoms with E-state index >= 15 is 0 Å². The van der Waals surface area contributed by atoms with Crippen molar-refractivity contribution >= 4 is 5.96 Å². The highest BCUT2D eigenvalue weighted by Crippen LogP contribution is 2.09. The molecule has 0 atom stereocenters. The lowest BCUT2D eigenvalue weighted by Gasteiger charge is -2.29. The van der Waals surface area contributed by atoms with Gasteiger partial charge in [0.1, 0.15) is 12.4 Å². The van der Waals surface area contributed by atoms with E-state index < -0.39 is 0 Å². The first-order chi connectivity index (χ1) is 12.8. The molecule has 0 aliphatic carbocycles. The van der Waals surface area contributed by atoms with Gasteiger partial charge < -0.3 is 29.8 Å². The summed E-state index contributed by atoms with van der Waals surface area (Å²) in [7, 11) is 0. The third-order valence-electron chi connectivity index (χ3n) is 4.39. The monoisotopic (exact) mass is 366 g/mol. The summed E-state index contributed by atoms with van der Waals surface area (Å²) in [5.41, 5.74) is 0. The minimum atomic E-state index is -0.0973. The number of hydrogen-bond donors (Lipinski definition) is 3. The van der Waals surface area contributed by atoms with Gasteiger partial charge in [0, 0.05) is 39.3 Å². The van der Waals surface area contributed by atoms with Gasteiger partial charge in [0.15, 0.2) is 5.96 Å². The van der Waals surface area contributed by atoms with Gasteiger partial charge in [0.05, 0.1) is 12.4 Å². The molecule has 0 aromatic carbocycles. The Labute approximate surface area is 156 Å². The Bertz CT molecular complexity index is 485. The van der Waals surface area contributed by atoms with Crippen molar-refractivity contribution in [3.05, 3.63) is 24.2 Å². The van der Waals surface area contributed by atoms with Crippen LogP contribution in [-0.2, 0) is 11.3 Å². The SMILES string of the molecule is CCNC(=NCCCOCc1ccco1)NCCCN1CCC(O)CC1. The molecule has 0 saturated carbocycles. The average Bonchev–Trinajstić information content (AvgIpc) is 3.16. The molecule has 0 unspecified atom stereocenters. The molecule has 3 N–H and O–H groups in total. The number of likely N-dealkylation sites (tertiary alicyclic amines) is 1. The van der Waals surface area contributed by atoms with Crippen LogP contribution in [0.3, 0.4) is 0 Å². The van der Waals surface area contributed by atoms with E-state index in [2.05, 4.69) is 27.4 Å². The fraction of sp³-hybridized carbons (Fsp3) is 0.737. The van der Waals surface area contributed by atoms with Gasteiger partial charge in [-0.1, -0.05) is 0 Å². The molecule has 26 heavy (non-hydrogen) atoms. The predicted molar refractivity (Wildman–Crippen MR) is 103 cm³/mol. The van der Waals surface area contributed by atoms with Crippen LogP contribution in [0.2, 0.25) is 0 Å². The second-order valence-corrected chi connectivity index (χ2v) is 6.60. The van der Waals surface area contributed by atoms with Crippen molar-refractivity contribution in [3.8, 4) is 0 Å². The van der Waals surface area contributed by atoms with E-state index in [1.165, 1.54) is 0 Å². The molecular weight excluding hydrogens is 332 g/mol. The van der Waals surface area contributed by atoms with Crippen LogP contribution < -0.4 is 10.6 Å². The van der Waals surface area contributed by atoms with E-state index in [-0.39, 0.29) is 6.10 Å². The summed E-state index contributed by atoms with van der Waals surface area (Å²) >= 11 is 0. The minimum absolute atomic E-state index is 0.0973. The predicted octanol–water partition coefficient (Wildman–Crippen LogP) is 1.59. The zero-order valence-corrected chi connectivity index (χ0v) is 16.0. The van der Waals surface area contributed by atoms with E-state index in [1.54, 1.807) is 6.26 Å². The van der Waals surface area contributed by atoms with Crippen LogP contribution in [0.4, 0.5) is 0 Å². The second-order valence-electron chi connectivity index (χ2n) is 6.60. The maximum Gasteiger partial charge on any atom is 0.191 e. The van der Waals surface area contributed by atoms with Crippen LogP contribution in [0.25, 0.3) is 0 Å². The zero-order chi connectivity index (χ0) is 18.5. The number of piperidine rings is 1. The van der Waals surface area contributed by atoms with Crippen molar-refractivity contribution in [1.82, 2.24) is 15.5 Å². The fourth-order valence-corrected chi connectivity index (χ4v) is 2.92. The molecule has 1 aliphatic heterocycles. The van der Waals surface area contributed by atoms with E-state index in [0.717, 1.165) is 76.7 Å². The van der Waals surface area contributed by atoms with E-state index in [4.69, 9.17) is 9.15 Å². The summed E-state index contributed by atoms with van der Waals surface area (Å²) in [6.07, 6.45) is 5.32. The van der Waals surface area contributed by atoms with Gasteiger partial charge >= 0.3 is 0 Å². The molecule has 0 spiro atoms. The normalized spacial score (nSPS) is 16.8. The van der Waals surface area contributed by atoms with Crippen molar-refractivity contribution < 1.29 is 14.3 Å². The number of furan rings is 1. The quantitative estimate of drug-likeness (QED) is 0.313. The third-order valence-corrected chi connectivity index (χ3v) is 4.39. The number of rotatable bonds is 11. The summed E-state index contributed by atoms with van der Waals surface area (Å²) in [6.45, 7) is 8.83. The molecule has 7 heteroatoms. The average molecular weight is 367 g/mol. The number of aliphatic imine (C=N–C) groups is 1. The Balaban J connectivity index is 1.52. The van der Waals surface area contributed by atoms with Crippen molar-refractivity contribution in [2.24, 2.45) is 4.99 Å². The first-order valence-corrected chi connectivity index (χ1v) is 9.80. The van der Waals surface area contributed by atoms with Crippen molar-refractivity contribution in [1.29, 1.82) is 0 Å². The molecule has 1 aromatic rings. The van der Waals surface area contributed by atoms with Gasteiger partial charge in [-0.3, -0.25) is 4.99 Å². The number of ether oxygens (including phenoxy) is 1. The molecule has 2 rings (SSSR count). The van der Waals surface area contributed by atoms with Crippen LogP contribution in [0.1, 0.15) is 38.4 Å². The van der Waals surface area contributed by atoms with E-state index in [1.807, 2.05) is 12.1 Å². The lowest BCUT2D eigenvalue weighted by atomic mass is 10.1. The topological polar surface area (TPSA) is 82.3 Å². The maximum atomic E-state index is 9.54. The highest BCUT2D eigenvalue weighted by molar-refractivity contribution is 5.79. The van der Waals surface area contributed by atoms with Crippen LogP contribution in [0, 0.1) is 0 Å². The Hall–Kier alpha value is -1.57. The summed E-state index contributed by atoms with van der Waals surface area (Å²) in [6, 6.07) is 3.78. The van der Waals surface area contributed by atoms with Crippen molar-refractivity contribution in [3.63, 3.8) is 0 Å².